The SMILES string of the molecule is Cc1cc(Br)c(NC(C)C(=O)N2CCOCC2)cc1Cl. The maximum absolute atomic E-state index is 12.3. The summed E-state index contributed by atoms with van der Waals surface area (Å²) in [6.07, 6.45) is 0. The Kier molecular flexibility index (Phi) is 5.29. The zero-order valence-corrected chi connectivity index (χ0v) is 13.9. The topological polar surface area (TPSA) is 41.6 Å². The monoisotopic (exact) mass is 360 g/mol. The van der Waals surface area contributed by atoms with Crippen LogP contribution in [0.2, 0.25) is 5.02 Å². The highest BCUT2D eigenvalue weighted by atomic mass is 79.9. The third-order valence-corrected chi connectivity index (χ3v) is 4.38. The van der Waals surface area contributed by atoms with Crippen molar-refractivity contribution in [2.75, 3.05) is 31.6 Å². The Balaban J connectivity index is 2.05. The minimum atomic E-state index is -0.303. The molecule has 0 radical (unpaired) electrons. The maximum Gasteiger partial charge on any atom is 0.244 e. The number of nitrogens with zero attached hydrogens (tertiary/aromatic N) is 1. The lowest BCUT2D eigenvalue weighted by Crippen LogP contribution is -2.47. The fourth-order valence-corrected chi connectivity index (χ4v) is 2.85. The molecule has 1 aliphatic rings. The number of rotatable bonds is 3. The van der Waals surface area contributed by atoms with Crippen molar-refractivity contribution in [3.05, 3.63) is 27.2 Å². The molecule has 1 heterocycles. The van der Waals surface area contributed by atoms with Crippen LogP contribution < -0.4 is 5.32 Å². The van der Waals surface area contributed by atoms with Crippen molar-refractivity contribution in [2.45, 2.75) is 19.9 Å². The largest absolute Gasteiger partial charge is 0.378 e. The van der Waals surface area contributed by atoms with Gasteiger partial charge in [0.25, 0.3) is 0 Å². The van der Waals surface area contributed by atoms with Crippen LogP contribution in [0.15, 0.2) is 16.6 Å². The second-order valence-electron chi connectivity index (χ2n) is 4.88. The Morgan fingerprint density at radius 3 is 2.75 bits per heavy atom. The average molecular weight is 362 g/mol. The van der Waals surface area contributed by atoms with Crippen LogP contribution in [0, 0.1) is 6.92 Å². The van der Waals surface area contributed by atoms with E-state index in [1.807, 2.05) is 30.9 Å². The summed E-state index contributed by atoms with van der Waals surface area (Å²) in [5.74, 6) is 0.0805. The number of halogens is 2. The highest BCUT2D eigenvalue weighted by Crippen LogP contribution is 2.29. The van der Waals surface area contributed by atoms with E-state index in [0.29, 0.717) is 31.3 Å². The number of benzene rings is 1. The Bertz CT molecular complexity index is 504. The third-order valence-electron chi connectivity index (χ3n) is 3.31. The van der Waals surface area contributed by atoms with Crippen molar-refractivity contribution in [2.24, 2.45) is 0 Å². The van der Waals surface area contributed by atoms with Gasteiger partial charge in [-0.3, -0.25) is 4.79 Å². The van der Waals surface area contributed by atoms with E-state index in [-0.39, 0.29) is 11.9 Å². The van der Waals surface area contributed by atoms with Gasteiger partial charge in [0.05, 0.1) is 18.9 Å². The molecule has 2 rings (SSSR count). The summed E-state index contributed by atoms with van der Waals surface area (Å²) in [6, 6.07) is 3.48. The summed E-state index contributed by atoms with van der Waals surface area (Å²) in [5.41, 5.74) is 1.82. The molecule has 6 heteroatoms. The van der Waals surface area contributed by atoms with Crippen molar-refractivity contribution in [3.63, 3.8) is 0 Å². The maximum atomic E-state index is 12.3. The van der Waals surface area contributed by atoms with Gasteiger partial charge in [0, 0.05) is 22.6 Å². The van der Waals surface area contributed by atoms with E-state index in [1.54, 1.807) is 0 Å². The van der Waals surface area contributed by atoms with Crippen LogP contribution >= 0.6 is 27.5 Å². The Hall–Kier alpha value is -0.780. The standard InChI is InChI=1S/C14H18BrClN2O2/c1-9-7-11(15)13(8-12(9)16)17-10(2)14(19)18-3-5-20-6-4-18/h7-8,10,17H,3-6H2,1-2H3. The lowest BCUT2D eigenvalue weighted by atomic mass is 10.2. The number of hydrogen-bond donors (Lipinski definition) is 1. The van der Waals surface area contributed by atoms with Crippen molar-refractivity contribution in [1.29, 1.82) is 0 Å². The first-order chi connectivity index (χ1) is 9.49. The van der Waals surface area contributed by atoms with Crippen molar-refractivity contribution in [1.82, 2.24) is 4.90 Å². The molecule has 1 unspecified atom stereocenters. The molecule has 4 nitrogen and oxygen atoms in total. The van der Waals surface area contributed by atoms with E-state index in [2.05, 4.69) is 21.2 Å². The molecule has 0 bridgehead atoms. The molecular weight excluding hydrogens is 344 g/mol. The highest BCUT2D eigenvalue weighted by Gasteiger charge is 2.22. The van der Waals surface area contributed by atoms with Gasteiger partial charge in [-0.15, -0.1) is 0 Å². The summed E-state index contributed by atoms with van der Waals surface area (Å²) < 4.78 is 6.16. The second-order valence-corrected chi connectivity index (χ2v) is 6.15. The first kappa shape index (κ1) is 15.6. The molecule has 1 aromatic carbocycles. The van der Waals surface area contributed by atoms with Crippen molar-refractivity contribution in [3.8, 4) is 0 Å². The Labute approximate surface area is 132 Å². The normalized spacial score (nSPS) is 16.9. The number of anilines is 1. The smallest absolute Gasteiger partial charge is 0.244 e. The second kappa shape index (κ2) is 6.78. The predicted octanol–water partition coefficient (Wildman–Crippen LogP) is 3.07. The lowest BCUT2D eigenvalue weighted by Gasteiger charge is -2.30. The molecule has 1 aliphatic heterocycles. The number of ether oxygens (including phenoxy) is 1. The quantitative estimate of drug-likeness (QED) is 0.899. The molecule has 1 fully saturated rings. The van der Waals surface area contributed by atoms with E-state index in [4.69, 9.17) is 16.3 Å². The predicted molar refractivity (Wildman–Crippen MR) is 84.4 cm³/mol. The lowest BCUT2D eigenvalue weighted by molar-refractivity contribution is -0.135. The Morgan fingerprint density at radius 2 is 2.10 bits per heavy atom. The van der Waals surface area contributed by atoms with E-state index in [9.17, 15) is 4.79 Å². The van der Waals surface area contributed by atoms with E-state index in [0.717, 1.165) is 15.7 Å². The molecule has 1 saturated heterocycles. The van der Waals surface area contributed by atoms with Gasteiger partial charge in [-0.1, -0.05) is 11.6 Å². The van der Waals surface area contributed by atoms with Gasteiger partial charge in [0.15, 0.2) is 0 Å². The summed E-state index contributed by atoms with van der Waals surface area (Å²) in [4.78, 5) is 14.1. The zero-order valence-electron chi connectivity index (χ0n) is 11.6. The van der Waals surface area contributed by atoms with E-state index < -0.39 is 0 Å². The molecule has 1 atom stereocenters. The van der Waals surface area contributed by atoms with Crippen LogP contribution in [0.25, 0.3) is 0 Å². The van der Waals surface area contributed by atoms with Gasteiger partial charge in [-0.05, 0) is 47.5 Å². The van der Waals surface area contributed by atoms with Crippen LogP contribution in [0.1, 0.15) is 12.5 Å². The fourth-order valence-electron chi connectivity index (χ4n) is 2.11. The van der Waals surface area contributed by atoms with Crippen LogP contribution in [0.3, 0.4) is 0 Å². The molecule has 0 aromatic heterocycles. The summed E-state index contributed by atoms with van der Waals surface area (Å²) in [5, 5.41) is 3.89. The summed E-state index contributed by atoms with van der Waals surface area (Å²) in [6.45, 7) is 6.33. The minimum Gasteiger partial charge on any atom is -0.378 e. The van der Waals surface area contributed by atoms with Crippen molar-refractivity contribution < 1.29 is 9.53 Å². The van der Waals surface area contributed by atoms with Crippen molar-refractivity contribution >= 4 is 39.1 Å². The third kappa shape index (κ3) is 3.65. The molecule has 20 heavy (non-hydrogen) atoms. The van der Waals surface area contributed by atoms with E-state index >= 15 is 0 Å². The molecule has 0 saturated carbocycles. The number of aryl methyl sites for hydroxylation is 1. The number of carbonyl (C=O) groups excluding carboxylic acids is 1. The molecule has 0 spiro atoms. The number of morpholine rings is 1. The minimum absolute atomic E-state index is 0.0805. The first-order valence-corrected chi connectivity index (χ1v) is 7.75. The van der Waals surface area contributed by atoms with E-state index in [1.165, 1.54) is 0 Å². The van der Waals surface area contributed by atoms with Gasteiger partial charge in [0.1, 0.15) is 6.04 Å². The van der Waals surface area contributed by atoms with Gasteiger partial charge in [-0.25, -0.2) is 0 Å². The van der Waals surface area contributed by atoms with Crippen LogP contribution in [0.4, 0.5) is 5.69 Å². The molecule has 0 aliphatic carbocycles. The fraction of sp³-hybridized carbons (Fsp3) is 0.500. The van der Waals surface area contributed by atoms with Gasteiger partial charge in [0.2, 0.25) is 5.91 Å². The summed E-state index contributed by atoms with van der Waals surface area (Å²) >= 11 is 9.61. The highest BCUT2D eigenvalue weighted by molar-refractivity contribution is 9.10. The molecule has 1 N–H and O–H groups in total. The number of carbonyl (C=O) groups is 1. The first-order valence-electron chi connectivity index (χ1n) is 6.57. The summed E-state index contributed by atoms with van der Waals surface area (Å²) in [7, 11) is 0. The molecule has 110 valence electrons. The van der Waals surface area contributed by atoms with Crippen LogP contribution in [-0.4, -0.2) is 43.2 Å². The van der Waals surface area contributed by atoms with Gasteiger partial charge >= 0.3 is 0 Å². The zero-order chi connectivity index (χ0) is 14.7. The Morgan fingerprint density at radius 1 is 1.45 bits per heavy atom. The van der Waals surface area contributed by atoms with Gasteiger partial charge in [-0.2, -0.15) is 0 Å². The van der Waals surface area contributed by atoms with Crippen LogP contribution in [0.5, 0.6) is 0 Å². The number of hydrogen-bond acceptors (Lipinski definition) is 3. The molecule has 1 amide bonds. The number of nitrogens with one attached hydrogen (secondary N) is 1. The molecule has 1 aromatic rings. The van der Waals surface area contributed by atoms with Crippen LogP contribution in [-0.2, 0) is 9.53 Å². The average Bonchev–Trinajstić information content (AvgIpc) is 2.44. The number of amides is 1. The molecular formula is C14H18BrClN2O2. The van der Waals surface area contributed by atoms with Gasteiger partial charge < -0.3 is 15.0 Å².